The topological polar surface area (TPSA) is 35.0 Å². The van der Waals surface area contributed by atoms with Gasteiger partial charge in [-0.15, -0.1) is 0 Å². The minimum atomic E-state index is -5.64. The normalized spacial score (nSPS) is 13.5. The van der Waals surface area contributed by atoms with Crippen LogP contribution in [0.5, 0.6) is 5.75 Å². The van der Waals surface area contributed by atoms with Gasteiger partial charge in [0, 0.05) is 5.41 Å². The van der Waals surface area contributed by atoms with Gasteiger partial charge in [0.25, 0.3) is 0 Å². The molecular formula is C11H13F5N2O. The molecule has 0 bridgehead atoms. The summed E-state index contributed by atoms with van der Waals surface area (Å²) in [7, 11) is 0. The van der Waals surface area contributed by atoms with E-state index in [9.17, 15) is 22.0 Å². The molecule has 0 amide bonds. The van der Waals surface area contributed by atoms with Crippen molar-refractivity contribution in [1.29, 1.82) is 0 Å². The molecule has 1 rings (SSSR count). The minimum absolute atomic E-state index is 0.239. The summed E-state index contributed by atoms with van der Waals surface area (Å²) in [6.45, 7) is 3.71. The molecule has 1 heterocycles. The smallest absolute Gasteiger partial charge is 0.456 e. The third-order valence-corrected chi connectivity index (χ3v) is 2.13. The van der Waals surface area contributed by atoms with E-state index in [0.717, 1.165) is 12.4 Å². The largest absolute Gasteiger partial charge is 0.484 e. The molecule has 0 fully saturated rings. The number of rotatable bonds is 3. The minimum Gasteiger partial charge on any atom is -0.484 e. The highest BCUT2D eigenvalue weighted by molar-refractivity contribution is 5.15. The Labute approximate surface area is 106 Å². The Morgan fingerprint density at radius 2 is 1.47 bits per heavy atom. The van der Waals surface area contributed by atoms with Gasteiger partial charge in [0.2, 0.25) is 0 Å². The molecule has 0 unspecified atom stereocenters. The maximum absolute atomic E-state index is 12.6. The van der Waals surface area contributed by atoms with E-state index in [4.69, 9.17) is 0 Å². The first-order chi connectivity index (χ1) is 8.43. The molecule has 1 aromatic rings. The zero-order chi connectivity index (χ0) is 14.9. The summed E-state index contributed by atoms with van der Waals surface area (Å²) < 4.78 is 65.2. The van der Waals surface area contributed by atoms with Gasteiger partial charge in [0.1, 0.15) is 5.82 Å². The highest BCUT2D eigenvalue weighted by Crippen LogP contribution is 2.35. The molecule has 1 aromatic heterocycles. The summed E-state index contributed by atoms with van der Waals surface area (Å²) in [6.07, 6.45) is -3.50. The Morgan fingerprint density at radius 3 is 1.84 bits per heavy atom. The highest BCUT2D eigenvalue weighted by atomic mass is 19.4. The molecule has 0 aliphatic heterocycles. The van der Waals surface area contributed by atoms with Crippen LogP contribution in [0.3, 0.4) is 0 Å². The lowest BCUT2D eigenvalue weighted by atomic mass is 9.96. The van der Waals surface area contributed by atoms with Gasteiger partial charge in [-0.2, -0.15) is 22.0 Å². The van der Waals surface area contributed by atoms with E-state index in [0.29, 0.717) is 5.82 Å². The van der Waals surface area contributed by atoms with Crippen LogP contribution in [0.25, 0.3) is 0 Å². The first-order valence-corrected chi connectivity index (χ1v) is 5.33. The van der Waals surface area contributed by atoms with Gasteiger partial charge < -0.3 is 4.74 Å². The molecule has 0 aliphatic carbocycles. The molecule has 0 atom stereocenters. The molecule has 0 radical (unpaired) electrons. The van der Waals surface area contributed by atoms with Crippen molar-refractivity contribution in [2.75, 3.05) is 6.61 Å². The molecule has 0 saturated carbocycles. The van der Waals surface area contributed by atoms with Gasteiger partial charge >= 0.3 is 12.1 Å². The number of hydrogen-bond donors (Lipinski definition) is 0. The van der Waals surface area contributed by atoms with E-state index in [-0.39, 0.29) is 11.2 Å². The lowest BCUT2D eigenvalue weighted by Gasteiger charge is -2.20. The SMILES string of the molecule is CC(C)(C)c1ncc(OCC(F)(F)C(F)(F)F)cn1. The average Bonchev–Trinajstić information content (AvgIpc) is 2.24. The van der Waals surface area contributed by atoms with Crippen LogP contribution in [0.15, 0.2) is 12.4 Å². The molecule has 3 nitrogen and oxygen atoms in total. The molecule has 0 aliphatic rings. The average molecular weight is 284 g/mol. The van der Waals surface area contributed by atoms with Crippen molar-refractivity contribution in [3.05, 3.63) is 18.2 Å². The van der Waals surface area contributed by atoms with E-state index in [1.54, 1.807) is 0 Å². The van der Waals surface area contributed by atoms with Crippen LogP contribution >= 0.6 is 0 Å². The van der Waals surface area contributed by atoms with Crippen molar-refractivity contribution < 1.29 is 26.7 Å². The zero-order valence-electron chi connectivity index (χ0n) is 10.6. The van der Waals surface area contributed by atoms with E-state index in [1.807, 2.05) is 20.8 Å². The number of nitrogens with zero attached hydrogens (tertiary/aromatic N) is 2. The predicted molar refractivity (Wildman–Crippen MR) is 57.2 cm³/mol. The molecule has 8 heteroatoms. The quantitative estimate of drug-likeness (QED) is 0.798. The van der Waals surface area contributed by atoms with E-state index in [2.05, 4.69) is 14.7 Å². The second-order valence-electron chi connectivity index (χ2n) is 4.98. The van der Waals surface area contributed by atoms with Crippen LogP contribution < -0.4 is 4.74 Å². The van der Waals surface area contributed by atoms with Crippen molar-refractivity contribution in [2.45, 2.75) is 38.3 Å². The van der Waals surface area contributed by atoms with Crippen LogP contribution in [0, 0.1) is 0 Å². The Balaban J connectivity index is 2.70. The molecule has 0 N–H and O–H groups in total. The first kappa shape index (κ1) is 15.6. The van der Waals surface area contributed by atoms with Crippen molar-refractivity contribution in [3.8, 4) is 5.75 Å². The first-order valence-electron chi connectivity index (χ1n) is 5.33. The molecule has 108 valence electrons. The number of hydrogen-bond acceptors (Lipinski definition) is 3. The summed E-state index contributed by atoms with van der Waals surface area (Å²) in [6, 6.07) is 0. The maximum Gasteiger partial charge on any atom is 0.456 e. The monoisotopic (exact) mass is 284 g/mol. The lowest BCUT2D eigenvalue weighted by Crippen LogP contribution is -2.41. The second-order valence-corrected chi connectivity index (χ2v) is 4.98. The summed E-state index contributed by atoms with van der Waals surface area (Å²) in [4.78, 5) is 7.70. The third-order valence-electron chi connectivity index (χ3n) is 2.13. The van der Waals surface area contributed by atoms with Crippen LogP contribution in [-0.4, -0.2) is 28.7 Å². The number of ether oxygens (including phenoxy) is 1. The highest BCUT2D eigenvalue weighted by Gasteiger charge is 2.58. The maximum atomic E-state index is 12.6. The number of alkyl halides is 5. The van der Waals surface area contributed by atoms with Crippen molar-refractivity contribution in [3.63, 3.8) is 0 Å². The van der Waals surface area contributed by atoms with Crippen LogP contribution in [0.2, 0.25) is 0 Å². The number of aromatic nitrogens is 2. The fourth-order valence-corrected chi connectivity index (χ4v) is 1.03. The van der Waals surface area contributed by atoms with Crippen LogP contribution in [0.4, 0.5) is 22.0 Å². The Kier molecular flexibility index (Phi) is 4.02. The van der Waals surface area contributed by atoms with Crippen molar-refractivity contribution in [1.82, 2.24) is 9.97 Å². The molecule has 0 aromatic carbocycles. The summed E-state index contributed by atoms with van der Waals surface area (Å²) >= 11 is 0. The Morgan fingerprint density at radius 1 is 1.00 bits per heavy atom. The Bertz CT molecular complexity index is 422. The van der Waals surface area contributed by atoms with Gasteiger partial charge in [-0.05, 0) is 0 Å². The molecule has 0 spiro atoms. The van der Waals surface area contributed by atoms with Gasteiger partial charge in [0.05, 0.1) is 12.4 Å². The van der Waals surface area contributed by atoms with E-state index < -0.39 is 18.7 Å². The Hall–Kier alpha value is -1.47. The van der Waals surface area contributed by atoms with Gasteiger partial charge in [-0.25, -0.2) is 9.97 Å². The fraction of sp³-hybridized carbons (Fsp3) is 0.636. The number of halogens is 5. The zero-order valence-corrected chi connectivity index (χ0v) is 10.6. The van der Waals surface area contributed by atoms with Gasteiger partial charge in [0.15, 0.2) is 12.4 Å². The summed E-state index contributed by atoms with van der Waals surface area (Å²) in [5, 5.41) is 0. The van der Waals surface area contributed by atoms with Crippen LogP contribution in [0.1, 0.15) is 26.6 Å². The van der Waals surface area contributed by atoms with E-state index in [1.165, 1.54) is 0 Å². The summed E-state index contributed by atoms with van der Waals surface area (Å²) in [5.74, 6) is -4.71. The fourth-order valence-electron chi connectivity index (χ4n) is 1.03. The van der Waals surface area contributed by atoms with Crippen molar-refractivity contribution >= 4 is 0 Å². The molecule has 19 heavy (non-hydrogen) atoms. The standard InChI is InChI=1S/C11H13F5N2O/c1-9(2,3)8-17-4-7(5-18-8)19-6-10(12,13)11(14,15)16/h4-5H,6H2,1-3H3. The molecular weight excluding hydrogens is 271 g/mol. The van der Waals surface area contributed by atoms with Gasteiger partial charge in [-0.1, -0.05) is 20.8 Å². The van der Waals surface area contributed by atoms with Crippen molar-refractivity contribution in [2.24, 2.45) is 0 Å². The second kappa shape index (κ2) is 4.90. The third kappa shape index (κ3) is 4.00. The lowest BCUT2D eigenvalue weighted by molar-refractivity contribution is -0.290. The van der Waals surface area contributed by atoms with Crippen LogP contribution in [-0.2, 0) is 5.41 Å². The summed E-state index contributed by atoms with van der Waals surface area (Å²) in [5.41, 5.74) is -0.353. The molecule has 0 saturated heterocycles. The van der Waals surface area contributed by atoms with Gasteiger partial charge in [-0.3, -0.25) is 0 Å². The van der Waals surface area contributed by atoms with E-state index >= 15 is 0 Å². The predicted octanol–water partition coefficient (Wildman–Crippen LogP) is 3.35.